The van der Waals surface area contributed by atoms with Crippen LogP contribution >= 0.6 is 0 Å². The maximum absolute atomic E-state index is 12.8. The summed E-state index contributed by atoms with van der Waals surface area (Å²) in [4.78, 5) is 12.5. The summed E-state index contributed by atoms with van der Waals surface area (Å²) in [6.45, 7) is -0.0469. The van der Waals surface area contributed by atoms with Gasteiger partial charge in [0.1, 0.15) is 24.2 Å². The van der Waals surface area contributed by atoms with Crippen LogP contribution in [0.1, 0.15) is 27.2 Å². The molecule has 0 aliphatic heterocycles. The van der Waals surface area contributed by atoms with E-state index >= 15 is 0 Å². The first-order valence-corrected chi connectivity index (χ1v) is 8.30. The van der Waals surface area contributed by atoms with Crippen molar-refractivity contribution in [3.05, 3.63) is 89.6 Å². The Hall–Kier alpha value is -3.48. The van der Waals surface area contributed by atoms with Crippen LogP contribution in [0.5, 0.6) is 5.75 Å². The highest BCUT2D eigenvalue weighted by Crippen LogP contribution is 2.31. The molecule has 0 saturated carbocycles. The number of alkyl halides is 3. The average Bonchev–Trinajstić information content (AvgIpc) is 3.35. The smallest absolute Gasteiger partial charge is 0.416 e. The van der Waals surface area contributed by atoms with E-state index in [4.69, 9.17) is 13.6 Å². The van der Waals surface area contributed by atoms with Crippen molar-refractivity contribution >= 4 is 16.8 Å². The zero-order valence-corrected chi connectivity index (χ0v) is 14.3. The molecule has 0 radical (unpaired) electrons. The molecule has 0 bridgehead atoms. The minimum Gasteiger partial charge on any atom is -0.489 e. The molecule has 0 unspecified atom stereocenters. The summed E-state index contributed by atoms with van der Waals surface area (Å²) in [5, 5.41) is 0.531. The fourth-order valence-electron chi connectivity index (χ4n) is 2.82. The van der Waals surface area contributed by atoms with Crippen molar-refractivity contribution < 1.29 is 31.5 Å². The molecule has 0 N–H and O–H groups in total. The van der Waals surface area contributed by atoms with Crippen molar-refractivity contribution in [3.8, 4) is 5.75 Å². The minimum absolute atomic E-state index is 0.0469. The van der Waals surface area contributed by atoms with E-state index in [0.717, 1.165) is 12.1 Å². The van der Waals surface area contributed by atoms with E-state index in [0.29, 0.717) is 27.8 Å². The van der Waals surface area contributed by atoms with Gasteiger partial charge in [-0.25, -0.2) is 0 Å². The molecule has 142 valence electrons. The molecular weight excluding hydrogens is 373 g/mol. The Morgan fingerprint density at radius 1 is 1.00 bits per heavy atom. The second-order valence-electron chi connectivity index (χ2n) is 6.10. The fourth-order valence-corrected chi connectivity index (χ4v) is 2.82. The number of furan rings is 2. The predicted octanol–water partition coefficient (Wildman–Crippen LogP) is 5.85. The highest BCUT2D eigenvalue weighted by Gasteiger charge is 2.30. The van der Waals surface area contributed by atoms with Gasteiger partial charge >= 0.3 is 6.18 Å². The first-order chi connectivity index (χ1) is 13.4. The molecule has 4 aromatic rings. The Bertz CT molecular complexity index is 1120. The number of rotatable bonds is 5. The Kier molecular flexibility index (Phi) is 4.43. The molecule has 0 spiro atoms. The zero-order valence-electron chi connectivity index (χ0n) is 14.3. The highest BCUT2D eigenvalue weighted by atomic mass is 19.4. The largest absolute Gasteiger partial charge is 0.489 e. The third kappa shape index (κ3) is 3.51. The van der Waals surface area contributed by atoms with Crippen LogP contribution in [-0.4, -0.2) is 5.78 Å². The second kappa shape index (κ2) is 6.92. The number of carbonyl (C=O) groups excluding carboxylic acids is 1. The maximum atomic E-state index is 12.8. The number of ether oxygens (including phenoxy) is 1. The van der Waals surface area contributed by atoms with Crippen LogP contribution in [0.2, 0.25) is 0 Å². The van der Waals surface area contributed by atoms with Crippen molar-refractivity contribution in [1.82, 2.24) is 0 Å². The van der Waals surface area contributed by atoms with E-state index in [1.54, 1.807) is 36.4 Å². The van der Waals surface area contributed by atoms with E-state index < -0.39 is 11.7 Å². The first kappa shape index (κ1) is 17.9. The van der Waals surface area contributed by atoms with Crippen LogP contribution in [0.25, 0.3) is 11.0 Å². The summed E-state index contributed by atoms with van der Waals surface area (Å²) >= 11 is 0. The van der Waals surface area contributed by atoms with Gasteiger partial charge in [-0.2, -0.15) is 13.2 Å². The standard InChI is InChI=1S/C21H13F3O4/c22-21(23,24)14-4-1-3-13(9-14)11-27-15-6-7-18-16(10-15)17(12-28-18)20(25)19-5-2-8-26-19/h1-10,12H,11H2. The molecule has 0 amide bonds. The average molecular weight is 386 g/mol. The highest BCUT2D eigenvalue weighted by molar-refractivity contribution is 6.14. The van der Waals surface area contributed by atoms with Gasteiger partial charge in [0.25, 0.3) is 0 Å². The van der Waals surface area contributed by atoms with Gasteiger partial charge in [0.2, 0.25) is 5.78 Å². The lowest BCUT2D eigenvalue weighted by atomic mass is 10.1. The molecule has 0 fully saturated rings. The quantitative estimate of drug-likeness (QED) is 0.404. The Balaban J connectivity index is 1.57. The van der Waals surface area contributed by atoms with Crippen molar-refractivity contribution in [2.75, 3.05) is 0 Å². The van der Waals surface area contributed by atoms with Crippen LogP contribution in [0.15, 0.2) is 76.0 Å². The monoisotopic (exact) mass is 386 g/mol. The summed E-state index contributed by atoms with van der Waals surface area (Å²) < 4.78 is 54.6. The van der Waals surface area contributed by atoms with Crippen LogP contribution in [-0.2, 0) is 12.8 Å². The van der Waals surface area contributed by atoms with E-state index in [-0.39, 0.29) is 18.2 Å². The van der Waals surface area contributed by atoms with Crippen molar-refractivity contribution in [2.45, 2.75) is 12.8 Å². The molecular formula is C21H13F3O4. The van der Waals surface area contributed by atoms with Crippen molar-refractivity contribution in [1.29, 1.82) is 0 Å². The van der Waals surface area contributed by atoms with E-state index in [2.05, 4.69) is 0 Å². The minimum atomic E-state index is -4.41. The number of hydrogen-bond acceptors (Lipinski definition) is 4. The lowest BCUT2D eigenvalue weighted by Crippen LogP contribution is -2.06. The van der Waals surface area contributed by atoms with Gasteiger partial charge in [-0.1, -0.05) is 12.1 Å². The number of benzene rings is 2. The van der Waals surface area contributed by atoms with Gasteiger partial charge < -0.3 is 13.6 Å². The number of carbonyl (C=O) groups is 1. The van der Waals surface area contributed by atoms with Crippen LogP contribution < -0.4 is 4.74 Å². The van der Waals surface area contributed by atoms with E-state index in [1.165, 1.54) is 18.6 Å². The van der Waals surface area contributed by atoms with Crippen LogP contribution in [0, 0.1) is 0 Å². The topological polar surface area (TPSA) is 52.6 Å². The summed E-state index contributed by atoms with van der Waals surface area (Å²) in [5.74, 6) is 0.247. The molecule has 2 heterocycles. The molecule has 0 aliphatic rings. The van der Waals surface area contributed by atoms with Gasteiger partial charge in [-0.05, 0) is 48.0 Å². The van der Waals surface area contributed by atoms with Gasteiger partial charge in [0.05, 0.1) is 17.4 Å². The molecule has 2 aromatic heterocycles. The predicted molar refractivity (Wildman–Crippen MR) is 94.1 cm³/mol. The number of hydrogen-bond donors (Lipinski definition) is 0. The van der Waals surface area contributed by atoms with Gasteiger partial charge in [0.15, 0.2) is 5.76 Å². The molecule has 4 rings (SSSR count). The number of fused-ring (bicyclic) bond motifs is 1. The summed E-state index contributed by atoms with van der Waals surface area (Å²) in [7, 11) is 0. The summed E-state index contributed by atoms with van der Waals surface area (Å²) in [5.41, 5.74) is 0.454. The third-order valence-electron chi connectivity index (χ3n) is 4.19. The Morgan fingerprint density at radius 3 is 2.61 bits per heavy atom. The molecule has 4 nitrogen and oxygen atoms in total. The SMILES string of the molecule is O=C(c1ccco1)c1coc2ccc(OCc3cccc(C(F)(F)F)c3)cc12. The van der Waals surface area contributed by atoms with Crippen LogP contribution in [0.4, 0.5) is 13.2 Å². The molecule has 2 aromatic carbocycles. The molecule has 0 aliphatic carbocycles. The number of halogens is 3. The molecule has 0 saturated heterocycles. The van der Waals surface area contributed by atoms with Gasteiger partial charge in [-0.15, -0.1) is 0 Å². The van der Waals surface area contributed by atoms with E-state index in [9.17, 15) is 18.0 Å². The lowest BCUT2D eigenvalue weighted by Gasteiger charge is -2.10. The Morgan fingerprint density at radius 2 is 1.86 bits per heavy atom. The zero-order chi connectivity index (χ0) is 19.7. The lowest BCUT2D eigenvalue weighted by molar-refractivity contribution is -0.137. The Labute approximate surface area is 157 Å². The first-order valence-electron chi connectivity index (χ1n) is 8.30. The third-order valence-corrected chi connectivity index (χ3v) is 4.19. The summed E-state index contributed by atoms with van der Waals surface area (Å²) in [6.07, 6.45) is -1.67. The van der Waals surface area contributed by atoms with Gasteiger partial charge in [0, 0.05) is 5.39 Å². The molecule has 7 heteroatoms. The normalized spacial score (nSPS) is 11.7. The maximum Gasteiger partial charge on any atom is 0.416 e. The molecule has 28 heavy (non-hydrogen) atoms. The molecule has 0 atom stereocenters. The fraction of sp³-hybridized carbons (Fsp3) is 0.0952. The van der Waals surface area contributed by atoms with Crippen molar-refractivity contribution in [3.63, 3.8) is 0 Å². The van der Waals surface area contributed by atoms with E-state index in [1.807, 2.05) is 0 Å². The number of ketones is 1. The second-order valence-corrected chi connectivity index (χ2v) is 6.10. The van der Waals surface area contributed by atoms with Crippen molar-refractivity contribution in [2.24, 2.45) is 0 Å². The van der Waals surface area contributed by atoms with Crippen LogP contribution in [0.3, 0.4) is 0 Å². The van der Waals surface area contributed by atoms with Gasteiger partial charge in [-0.3, -0.25) is 4.79 Å². The summed E-state index contributed by atoms with van der Waals surface area (Å²) in [6, 6.07) is 13.0.